The SMILES string of the molecule is CCCCCCCCOc1ccc([I+]c2ccccc2)cc1.CCCCSOO[O-]. The van der Waals surface area contributed by atoms with E-state index >= 15 is 0 Å². The van der Waals surface area contributed by atoms with Crippen molar-refractivity contribution < 1.29 is 40.6 Å². The van der Waals surface area contributed by atoms with Crippen LogP contribution in [0.1, 0.15) is 65.2 Å². The van der Waals surface area contributed by atoms with Crippen molar-refractivity contribution in [2.24, 2.45) is 0 Å². The van der Waals surface area contributed by atoms with Gasteiger partial charge in [-0.3, -0.25) is 5.04 Å². The van der Waals surface area contributed by atoms with Crippen LogP contribution in [-0.4, -0.2) is 12.4 Å². The molecule has 30 heavy (non-hydrogen) atoms. The molecule has 0 fully saturated rings. The summed E-state index contributed by atoms with van der Waals surface area (Å²) in [6.45, 7) is 5.17. The number of benzene rings is 2. The van der Waals surface area contributed by atoms with Gasteiger partial charge >= 0.3 is 21.2 Å². The Kier molecular flexibility index (Phi) is 18.3. The van der Waals surface area contributed by atoms with Gasteiger partial charge in [0, 0.05) is 17.8 Å². The Hall–Kier alpha value is -0.800. The first-order chi connectivity index (χ1) is 14.8. The number of unbranched alkanes of at least 4 members (excludes halogenated alkanes) is 6. The lowest BCUT2D eigenvalue weighted by molar-refractivity contribution is -0.777. The maximum absolute atomic E-state index is 9.15. The molecule has 0 aliphatic carbocycles. The third-order valence-electron chi connectivity index (χ3n) is 4.19. The first-order valence-corrected chi connectivity index (χ1v) is 13.9. The Labute approximate surface area is 197 Å². The topological polar surface area (TPSA) is 50.8 Å². The monoisotopic (exact) mass is 546 g/mol. The molecule has 0 aliphatic rings. The Morgan fingerprint density at radius 3 is 2.07 bits per heavy atom. The molecule has 0 radical (unpaired) electrons. The second-order valence-electron chi connectivity index (χ2n) is 6.77. The molecule has 0 saturated carbocycles. The van der Waals surface area contributed by atoms with E-state index in [9.17, 15) is 0 Å². The number of halogens is 1. The molecular formula is C24H35IO4S. The third-order valence-corrected chi connectivity index (χ3v) is 7.48. The quantitative estimate of drug-likeness (QED) is 0.113. The smallest absolute Gasteiger partial charge is 0.357 e. The van der Waals surface area contributed by atoms with Crippen LogP contribution >= 0.6 is 12.0 Å². The maximum Gasteiger partial charge on any atom is 0.357 e. The minimum Gasteiger partial charge on any atom is -0.691 e. The van der Waals surface area contributed by atoms with Crippen molar-refractivity contribution in [3.63, 3.8) is 0 Å². The van der Waals surface area contributed by atoms with Crippen LogP contribution in [0.4, 0.5) is 0 Å². The van der Waals surface area contributed by atoms with E-state index < -0.39 is 0 Å². The van der Waals surface area contributed by atoms with Gasteiger partial charge in [0.15, 0.2) is 7.14 Å². The number of ether oxygens (including phenoxy) is 1. The van der Waals surface area contributed by atoms with E-state index in [0.29, 0.717) is 0 Å². The Morgan fingerprint density at radius 2 is 1.40 bits per heavy atom. The summed E-state index contributed by atoms with van der Waals surface area (Å²) in [5, 5.41) is 12.3. The van der Waals surface area contributed by atoms with Crippen molar-refractivity contribution in [2.75, 3.05) is 12.4 Å². The molecular weight excluding hydrogens is 511 g/mol. The van der Waals surface area contributed by atoms with Gasteiger partial charge in [-0.2, -0.15) is 4.33 Å². The van der Waals surface area contributed by atoms with Crippen LogP contribution in [0.25, 0.3) is 0 Å². The van der Waals surface area contributed by atoms with Crippen LogP contribution in [0.3, 0.4) is 0 Å². The molecule has 2 aromatic carbocycles. The first kappa shape index (κ1) is 27.2. The Bertz CT molecular complexity index is 604. The van der Waals surface area contributed by atoms with Gasteiger partial charge in [0.1, 0.15) is 5.75 Å². The van der Waals surface area contributed by atoms with Crippen LogP contribution in [0, 0.1) is 7.14 Å². The van der Waals surface area contributed by atoms with Crippen molar-refractivity contribution >= 4 is 12.0 Å². The van der Waals surface area contributed by atoms with Crippen LogP contribution < -0.4 is 31.2 Å². The Morgan fingerprint density at radius 1 is 0.767 bits per heavy atom. The molecule has 0 bridgehead atoms. The van der Waals surface area contributed by atoms with Crippen molar-refractivity contribution in [3.05, 3.63) is 61.7 Å². The van der Waals surface area contributed by atoms with E-state index in [0.717, 1.165) is 43.0 Å². The van der Waals surface area contributed by atoms with Crippen molar-refractivity contribution in [3.8, 4) is 5.75 Å². The van der Waals surface area contributed by atoms with Crippen LogP contribution in [0.2, 0.25) is 0 Å². The molecule has 0 heterocycles. The number of hydrogen-bond acceptors (Lipinski definition) is 5. The minimum atomic E-state index is -0.0655. The summed E-state index contributed by atoms with van der Waals surface area (Å²) >= 11 is 0.978. The van der Waals surface area contributed by atoms with Crippen LogP contribution in [0.5, 0.6) is 5.75 Å². The average Bonchev–Trinajstić information content (AvgIpc) is 2.78. The summed E-state index contributed by atoms with van der Waals surface area (Å²) in [7, 11) is 0. The fourth-order valence-corrected chi connectivity index (χ4v) is 5.25. The van der Waals surface area contributed by atoms with Crippen molar-refractivity contribution in [1.82, 2.24) is 0 Å². The lowest BCUT2D eigenvalue weighted by Crippen LogP contribution is -3.61. The predicted molar refractivity (Wildman–Crippen MR) is 119 cm³/mol. The molecule has 0 spiro atoms. The van der Waals surface area contributed by atoms with E-state index in [4.69, 9.17) is 9.99 Å². The standard InChI is InChI=1S/C20H26IO.C4H10O3S/c1-2-3-4-5-6-10-17-22-20-15-13-19(14-16-20)21-18-11-8-7-9-12-18;1-2-3-4-8-7-6-5/h7-9,11-16H,2-6,10,17H2,1H3;5H,2-4H2,1H3/q+1;/p-1. The minimum absolute atomic E-state index is 0.0655. The highest BCUT2D eigenvalue weighted by Crippen LogP contribution is 2.10. The summed E-state index contributed by atoms with van der Waals surface area (Å²) in [5.41, 5.74) is 0. The van der Waals surface area contributed by atoms with Crippen molar-refractivity contribution in [2.45, 2.75) is 65.2 Å². The van der Waals surface area contributed by atoms with E-state index in [1.807, 2.05) is 0 Å². The molecule has 0 amide bonds. The summed E-state index contributed by atoms with van der Waals surface area (Å²) in [6, 6.07) is 19.4. The van der Waals surface area contributed by atoms with Gasteiger partial charge in [-0.15, -0.1) is 0 Å². The summed E-state index contributed by atoms with van der Waals surface area (Å²) in [6.07, 6.45) is 10.0. The van der Waals surface area contributed by atoms with E-state index in [2.05, 4.69) is 77.8 Å². The van der Waals surface area contributed by atoms with E-state index in [1.54, 1.807) is 0 Å². The molecule has 0 unspecified atom stereocenters. The lowest BCUT2D eigenvalue weighted by Gasteiger charge is -2.05. The first-order valence-electron chi connectivity index (χ1n) is 10.8. The number of hydrogen-bond donors (Lipinski definition) is 0. The van der Waals surface area contributed by atoms with Crippen LogP contribution in [-0.2, 0) is 9.37 Å². The highest BCUT2D eigenvalue weighted by Gasteiger charge is 2.14. The van der Waals surface area contributed by atoms with Crippen molar-refractivity contribution in [1.29, 1.82) is 0 Å². The second kappa shape index (κ2) is 20.1. The molecule has 0 atom stereocenters. The van der Waals surface area contributed by atoms with Gasteiger partial charge in [-0.05, 0) is 49.2 Å². The fraction of sp³-hybridized carbons (Fsp3) is 0.500. The summed E-state index contributed by atoms with van der Waals surface area (Å²) < 4.78 is 12.7. The second-order valence-corrected chi connectivity index (χ2v) is 10.6. The molecule has 0 aromatic heterocycles. The number of rotatable bonds is 15. The zero-order chi connectivity index (χ0) is 21.7. The summed E-state index contributed by atoms with van der Waals surface area (Å²) in [4.78, 5) is 0. The largest absolute Gasteiger partial charge is 0.691 e. The van der Waals surface area contributed by atoms with Gasteiger partial charge in [-0.25, -0.2) is 0 Å². The van der Waals surface area contributed by atoms with Gasteiger partial charge in [0.05, 0.1) is 6.61 Å². The zero-order valence-electron chi connectivity index (χ0n) is 18.2. The third kappa shape index (κ3) is 15.1. The molecule has 2 aromatic rings. The van der Waals surface area contributed by atoms with E-state index in [-0.39, 0.29) is 21.2 Å². The van der Waals surface area contributed by atoms with Gasteiger partial charge in [0.25, 0.3) is 0 Å². The van der Waals surface area contributed by atoms with Crippen LogP contribution in [0.15, 0.2) is 54.6 Å². The molecule has 0 aliphatic heterocycles. The maximum atomic E-state index is 9.15. The zero-order valence-corrected chi connectivity index (χ0v) is 21.2. The summed E-state index contributed by atoms with van der Waals surface area (Å²) in [5.74, 6) is 1.83. The average molecular weight is 547 g/mol. The van der Waals surface area contributed by atoms with Gasteiger partial charge < -0.3 is 9.99 Å². The molecule has 4 nitrogen and oxygen atoms in total. The molecule has 0 N–H and O–H groups in total. The highest BCUT2D eigenvalue weighted by atomic mass is 127. The molecule has 6 heteroatoms. The molecule has 2 rings (SSSR count). The predicted octanol–water partition coefficient (Wildman–Crippen LogP) is 3.21. The van der Waals surface area contributed by atoms with E-state index in [1.165, 1.54) is 45.7 Å². The fourth-order valence-electron chi connectivity index (χ4n) is 2.53. The molecule has 168 valence electrons. The van der Waals surface area contributed by atoms with Gasteiger partial charge in [0.2, 0.25) is 0 Å². The highest BCUT2D eigenvalue weighted by molar-refractivity contribution is 7.94. The lowest BCUT2D eigenvalue weighted by atomic mass is 10.1. The van der Waals surface area contributed by atoms with Gasteiger partial charge in [-0.1, -0.05) is 70.6 Å². The molecule has 0 saturated heterocycles. The normalized spacial score (nSPS) is 10.4. The Balaban J connectivity index is 0.000000479.